The third-order valence-electron chi connectivity index (χ3n) is 4.48. The van der Waals surface area contributed by atoms with E-state index in [-0.39, 0.29) is 6.04 Å². The number of aryl methyl sites for hydroxylation is 1. The molecule has 0 radical (unpaired) electrons. The molecule has 2 rings (SSSR count). The van der Waals surface area contributed by atoms with Crippen molar-refractivity contribution in [1.29, 1.82) is 0 Å². The molecular weight excluding hydrogens is 246 g/mol. The van der Waals surface area contributed by atoms with Crippen LogP contribution >= 0.6 is 0 Å². The van der Waals surface area contributed by atoms with Gasteiger partial charge in [0.2, 0.25) is 0 Å². The molecule has 0 spiro atoms. The molecule has 3 heteroatoms. The number of nitrogens with two attached hydrogens (primary N) is 1. The van der Waals surface area contributed by atoms with Crippen molar-refractivity contribution in [1.82, 2.24) is 9.80 Å². The van der Waals surface area contributed by atoms with Gasteiger partial charge in [-0.3, -0.25) is 9.80 Å². The first kappa shape index (κ1) is 15.5. The van der Waals surface area contributed by atoms with Gasteiger partial charge in [-0.15, -0.1) is 0 Å². The molecule has 0 amide bonds. The summed E-state index contributed by atoms with van der Waals surface area (Å²) in [5, 5.41) is 0. The summed E-state index contributed by atoms with van der Waals surface area (Å²) in [6.07, 6.45) is 0. The van der Waals surface area contributed by atoms with Crippen molar-refractivity contribution in [3.05, 3.63) is 35.4 Å². The highest BCUT2D eigenvalue weighted by Gasteiger charge is 2.30. The second-order valence-corrected chi connectivity index (χ2v) is 6.19. The van der Waals surface area contributed by atoms with Crippen molar-refractivity contribution in [3.63, 3.8) is 0 Å². The molecule has 3 atom stereocenters. The highest BCUT2D eigenvalue weighted by molar-refractivity contribution is 5.26. The monoisotopic (exact) mass is 275 g/mol. The standard InChI is InChI=1S/C17H29N3/c1-5-19-9-10-20(12-14(19)3)17(15(4)18)16-8-6-7-13(2)11-16/h6-8,11,14-15,17H,5,9-10,12,18H2,1-4H3. The predicted octanol–water partition coefficient (Wildman–Crippen LogP) is 2.41. The number of hydrogen-bond acceptors (Lipinski definition) is 3. The molecule has 20 heavy (non-hydrogen) atoms. The summed E-state index contributed by atoms with van der Waals surface area (Å²) in [4.78, 5) is 5.11. The van der Waals surface area contributed by atoms with E-state index in [0.717, 1.165) is 26.2 Å². The van der Waals surface area contributed by atoms with Gasteiger partial charge in [-0.2, -0.15) is 0 Å². The fourth-order valence-electron chi connectivity index (χ4n) is 3.45. The third kappa shape index (κ3) is 3.40. The molecule has 1 aliphatic heterocycles. The van der Waals surface area contributed by atoms with Crippen LogP contribution < -0.4 is 5.73 Å². The Balaban J connectivity index is 2.18. The number of likely N-dealkylation sites (N-methyl/N-ethyl adjacent to an activating group) is 1. The van der Waals surface area contributed by atoms with E-state index >= 15 is 0 Å². The van der Waals surface area contributed by atoms with Crippen molar-refractivity contribution in [2.24, 2.45) is 5.73 Å². The maximum atomic E-state index is 6.31. The van der Waals surface area contributed by atoms with Crippen LogP contribution in [-0.4, -0.2) is 48.1 Å². The van der Waals surface area contributed by atoms with Gasteiger partial charge in [0.15, 0.2) is 0 Å². The molecule has 0 saturated carbocycles. The first-order valence-electron chi connectivity index (χ1n) is 7.83. The zero-order valence-electron chi connectivity index (χ0n) is 13.3. The van der Waals surface area contributed by atoms with E-state index in [1.54, 1.807) is 0 Å². The van der Waals surface area contributed by atoms with Crippen LogP contribution in [0.4, 0.5) is 0 Å². The van der Waals surface area contributed by atoms with Crippen molar-refractivity contribution in [2.45, 2.75) is 45.8 Å². The highest BCUT2D eigenvalue weighted by atomic mass is 15.3. The van der Waals surface area contributed by atoms with Crippen LogP contribution in [-0.2, 0) is 0 Å². The normalized spacial score (nSPS) is 24.6. The molecule has 3 unspecified atom stereocenters. The van der Waals surface area contributed by atoms with Gasteiger partial charge in [-0.25, -0.2) is 0 Å². The van der Waals surface area contributed by atoms with Crippen LogP contribution in [0.25, 0.3) is 0 Å². The van der Waals surface area contributed by atoms with Crippen LogP contribution in [0.5, 0.6) is 0 Å². The van der Waals surface area contributed by atoms with Crippen molar-refractivity contribution in [3.8, 4) is 0 Å². The number of benzene rings is 1. The largest absolute Gasteiger partial charge is 0.326 e. The minimum absolute atomic E-state index is 0.150. The number of piperazine rings is 1. The average molecular weight is 275 g/mol. The molecule has 2 N–H and O–H groups in total. The van der Waals surface area contributed by atoms with Gasteiger partial charge in [0, 0.05) is 37.8 Å². The van der Waals surface area contributed by atoms with Gasteiger partial charge in [0.1, 0.15) is 0 Å². The van der Waals surface area contributed by atoms with Gasteiger partial charge in [0.25, 0.3) is 0 Å². The molecule has 1 aromatic carbocycles. The predicted molar refractivity (Wildman–Crippen MR) is 85.9 cm³/mol. The molecule has 1 fully saturated rings. The van der Waals surface area contributed by atoms with Crippen LogP contribution in [0, 0.1) is 6.92 Å². The van der Waals surface area contributed by atoms with Crippen molar-refractivity contribution < 1.29 is 0 Å². The summed E-state index contributed by atoms with van der Waals surface area (Å²) in [6, 6.07) is 9.89. The molecule has 0 aliphatic carbocycles. The van der Waals surface area contributed by atoms with E-state index in [1.165, 1.54) is 11.1 Å². The molecule has 3 nitrogen and oxygen atoms in total. The minimum atomic E-state index is 0.150. The van der Waals surface area contributed by atoms with Crippen molar-refractivity contribution in [2.75, 3.05) is 26.2 Å². The molecule has 112 valence electrons. The Hall–Kier alpha value is -0.900. The first-order chi connectivity index (χ1) is 9.52. The van der Waals surface area contributed by atoms with E-state index in [2.05, 4.69) is 61.8 Å². The summed E-state index contributed by atoms with van der Waals surface area (Å²) >= 11 is 0. The fourth-order valence-corrected chi connectivity index (χ4v) is 3.45. The van der Waals surface area contributed by atoms with Crippen LogP contribution in [0.2, 0.25) is 0 Å². The molecule has 1 heterocycles. The number of hydrogen-bond donors (Lipinski definition) is 1. The summed E-state index contributed by atoms with van der Waals surface area (Å²) in [5.41, 5.74) is 8.98. The Kier molecular flexibility index (Phi) is 5.19. The summed E-state index contributed by atoms with van der Waals surface area (Å²) in [5.74, 6) is 0. The third-order valence-corrected chi connectivity index (χ3v) is 4.48. The van der Waals surface area contributed by atoms with Gasteiger partial charge >= 0.3 is 0 Å². The maximum absolute atomic E-state index is 6.31. The van der Waals surface area contributed by atoms with Gasteiger partial charge < -0.3 is 5.73 Å². The highest BCUT2D eigenvalue weighted by Crippen LogP contribution is 2.26. The summed E-state index contributed by atoms with van der Waals surface area (Å²) < 4.78 is 0. The van der Waals surface area contributed by atoms with E-state index in [0.29, 0.717) is 12.1 Å². The summed E-state index contributed by atoms with van der Waals surface area (Å²) in [7, 11) is 0. The van der Waals surface area contributed by atoms with Crippen LogP contribution in [0.3, 0.4) is 0 Å². The zero-order valence-corrected chi connectivity index (χ0v) is 13.3. The second-order valence-electron chi connectivity index (χ2n) is 6.19. The molecule has 0 bridgehead atoms. The van der Waals surface area contributed by atoms with E-state index < -0.39 is 0 Å². The fraction of sp³-hybridized carbons (Fsp3) is 0.647. The smallest absolute Gasteiger partial charge is 0.0497 e. The average Bonchev–Trinajstić information content (AvgIpc) is 2.39. The molecule has 1 aliphatic rings. The van der Waals surface area contributed by atoms with E-state index in [1.807, 2.05) is 0 Å². The van der Waals surface area contributed by atoms with Gasteiger partial charge in [-0.1, -0.05) is 36.8 Å². The first-order valence-corrected chi connectivity index (χ1v) is 7.83. The molecule has 0 aromatic heterocycles. The SMILES string of the molecule is CCN1CCN(C(c2cccc(C)c2)C(C)N)CC1C. The van der Waals surface area contributed by atoms with E-state index in [9.17, 15) is 0 Å². The van der Waals surface area contributed by atoms with Crippen LogP contribution in [0.1, 0.15) is 37.9 Å². The zero-order chi connectivity index (χ0) is 14.7. The minimum Gasteiger partial charge on any atom is -0.326 e. The number of rotatable bonds is 4. The second kappa shape index (κ2) is 6.70. The molecular formula is C17H29N3. The van der Waals surface area contributed by atoms with Gasteiger partial charge in [-0.05, 0) is 32.9 Å². The van der Waals surface area contributed by atoms with Crippen molar-refractivity contribution >= 4 is 0 Å². The Morgan fingerprint density at radius 1 is 1.35 bits per heavy atom. The lowest BCUT2D eigenvalue weighted by Gasteiger charge is -2.44. The Morgan fingerprint density at radius 2 is 2.10 bits per heavy atom. The van der Waals surface area contributed by atoms with E-state index in [4.69, 9.17) is 5.73 Å². The van der Waals surface area contributed by atoms with Gasteiger partial charge in [0.05, 0.1) is 0 Å². The molecule has 1 saturated heterocycles. The maximum Gasteiger partial charge on any atom is 0.0497 e. The summed E-state index contributed by atoms with van der Waals surface area (Å²) in [6.45, 7) is 13.4. The quantitative estimate of drug-likeness (QED) is 0.916. The lowest BCUT2D eigenvalue weighted by atomic mass is 9.96. The Morgan fingerprint density at radius 3 is 2.65 bits per heavy atom. The Labute approximate surface area is 123 Å². The lowest BCUT2D eigenvalue weighted by Crippen LogP contribution is -2.54. The topological polar surface area (TPSA) is 32.5 Å². The molecule has 1 aromatic rings. The lowest BCUT2D eigenvalue weighted by molar-refractivity contribution is 0.0516. The van der Waals surface area contributed by atoms with Crippen LogP contribution in [0.15, 0.2) is 24.3 Å². The number of nitrogens with zero attached hydrogens (tertiary/aromatic N) is 2. The Bertz CT molecular complexity index is 430.